The van der Waals surface area contributed by atoms with Crippen LogP contribution in [-0.2, 0) is 22.6 Å². The summed E-state index contributed by atoms with van der Waals surface area (Å²) in [7, 11) is 1.56. The molecule has 0 radical (unpaired) electrons. The minimum atomic E-state index is -0.331. The minimum absolute atomic E-state index is 0.0250. The first kappa shape index (κ1) is 17.7. The van der Waals surface area contributed by atoms with E-state index in [1.807, 2.05) is 26.0 Å². The Kier molecular flexibility index (Phi) is 6.14. The van der Waals surface area contributed by atoms with E-state index in [1.165, 1.54) is 0 Å². The number of benzene rings is 1. The first-order valence-corrected chi connectivity index (χ1v) is 7.75. The van der Waals surface area contributed by atoms with E-state index in [4.69, 9.17) is 9.15 Å². The predicted molar refractivity (Wildman–Crippen MR) is 90.8 cm³/mol. The summed E-state index contributed by atoms with van der Waals surface area (Å²) >= 11 is 0. The van der Waals surface area contributed by atoms with Crippen LogP contribution in [0.25, 0.3) is 0 Å². The fraction of sp³-hybridized carbons (Fsp3) is 0.333. The van der Waals surface area contributed by atoms with Crippen LogP contribution in [0, 0.1) is 0 Å². The van der Waals surface area contributed by atoms with Gasteiger partial charge in [-0.3, -0.25) is 9.59 Å². The quantitative estimate of drug-likeness (QED) is 0.818. The van der Waals surface area contributed by atoms with Crippen molar-refractivity contribution in [2.45, 2.75) is 32.9 Å². The molecule has 0 bridgehead atoms. The summed E-state index contributed by atoms with van der Waals surface area (Å²) in [5, 5.41) is 5.59. The van der Waals surface area contributed by atoms with Gasteiger partial charge < -0.3 is 19.8 Å². The number of furan rings is 1. The molecular weight excluding hydrogens is 308 g/mol. The summed E-state index contributed by atoms with van der Waals surface area (Å²) in [6.07, 6.45) is 0.310. The van der Waals surface area contributed by atoms with E-state index >= 15 is 0 Å². The van der Waals surface area contributed by atoms with Gasteiger partial charge in [-0.15, -0.1) is 0 Å². The third-order valence-electron chi connectivity index (χ3n) is 3.20. The minimum Gasteiger partial charge on any atom is -0.453 e. The second-order valence-electron chi connectivity index (χ2n) is 5.75. The predicted octanol–water partition coefficient (Wildman–Crippen LogP) is 2.75. The molecule has 2 amide bonds. The van der Waals surface area contributed by atoms with E-state index < -0.39 is 0 Å². The number of anilines is 1. The highest BCUT2D eigenvalue weighted by Crippen LogP contribution is 2.14. The summed E-state index contributed by atoms with van der Waals surface area (Å²) in [5.74, 6) is 0.460. The second kappa shape index (κ2) is 8.31. The van der Waals surface area contributed by atoms with Gasteiger partial charge in [0.2, 0.25) is 5.91 Å². The van der Waals surface area contributed by atoms with Crippen LogP contribution in [-0.4, -0.2) is 25.0 Å². The van der Waals surface area contributed by atoms with Crippen molar-refractivity contribution in [1.29, 1.82) is 0 Å². The van der Waals surface area contributed by atoms with Gasteiger partial charge in [-0.1, -0.05) is 12.1 Å². The summed E-state index contributed by atoms with van der Waals surface area (Å²) in [6, 6.07) is 10.6. The lowest BCUT2D eigenvalue weighted by Crippen LogP contribution is -2.31. The molecule has 2 aromatic rings. The van der Waals surface area contributed by atoms with Crippen LogP contribution >= 0.6 is 0 Å². The van der Waals surface area contributed by atoms with Gasteiger partial charge in [0.25, 0.3) is 5.91 Å². The lowest BCUT2D eigenvalue weighted by Gasteiger charge is -2.09. The van der Waals surface area contributed by atoms with Crippen molar-refractivity contribution in [2.75, 3.05) is 12.4 Å². The molecule has 2 N–H and O–H groups in total. The van der Waals surface area contributed by atoms with Crippen LogP contribution < -0.4 is 10.6 Å². The Morgan fingerprint density at radius 2 is 1.83 bits per heavy atom. The van der Waals surface area contributed by atoms with E-state index in [1.54, 1.807) is 31.4 Å². The van der Waals surface area contributed by atoms with Gasteiger partial charge in [0.1, 0.15) is 12.4 Å². The molecule has 1 aromatic heterocycles. The zero-order valence-electron chi connectivity index (χ0n) is 14.1. The van der Waals surface area contributed by atoms with E-state index in [2.05, 4.69) is 10.6 Å². The standard InChI is InChI=1S/C18H22N2O4/c1-12(2)19-17(21)10-13-4-6-14(7-5-13)20-18(22)16-9-8-15(24-16)11-23-3/h4-9,12H,10-11H2,1-3H3,(H,19,21)(H,20,22). The summed E-state index contributed by atoms with van der Waals surface area (Å²) in [6.45, 7) is 4.16. The highest BCUT2D eigenvalue weighted by Gasteiger charge is 2.12. The van der Waals surface area contributed by atoms with Crippen LogP contribution in [0.5, 0.6) is 0 Å². The Hall–Kier alpha value is -2.60. The number of hydrogen-bond acceptors (Lipinski definition) is 4. The molecular formula is C18H22N2O4. The number of nitrogens with one attached hydrogen (secondary N) is 2. The van der Waals surface area contributed by atoms with Crippen LogP contribution in [0.1, 0.15) is 35.7 Å². The van der Waals surface area contributed by atoms with Crippen LogP contribution in [0.3, 0.4) is 0 Å². The molecule has 2 rings (SSSR count). The third kappa shape index (κ3) is 5.24. The fourth-order valence-electron chi connectivity index (χ4n) is 2.18. The smallest absolute Gasteiger partial charge is 0.291 e. The largest absolute Gasteiger partial charge is 0.453 e. The molecule has 0 spiro atoms. The number of carbonyl (C=O) groups is 2. The molecule has 128 valence electrons. The molecule has 0 fully saturated rings. The Bertz CT molecular complexity index is 689. The fourth-order valence-corrected chi connectivity index (χ4v) is 2.18. The molecule has 24 heavy (non-hydrogen) atoms. The maximum absolute atomic E-state index is 12.1. The lowest BCUT2D eigenvalue weighted by atomic mass is 10.1. The molecule has 0 saturated carbocycles. The van der Waals surface area contributed by atoms with Gasteiger partial charge in [0.15, 0.2) is 5.76 Å². The third-order valence-corrected chi connectivity index (χ3v) is 3.20. The average molecular weight is 330 g/mol. The molecule has 0 unspecified atom stereocenters. The van der Waals surface area contributed by atoms with Crippen LogP contribution in [0.15, 0.2) is 40.8 Å². The Labute approximate surface area is 141 Å². The Balaban J connectivity index is 1.93. The van der Waals surface area contributed by atoms with Gasteiger partial charge in [-0.05, 0) is 43.7 Å². The first-order valence-electron chi connectivity index (χ1n) is 7.75. The average Bonchev–Trinajstić information content (AvgIpc) is 2.97. The number of rotatable bonds is 7. The number of amides is 2. The SMILES string of the molecule is COCc1ccc(C(=O)Nc2ccc(CC(=O)NC(C)C)cc2)o1. The maximum Gasteiger partial charge on any atom is 0.291 e. The summed E-state index contributed by atoms with van der Waals surface area (Å²) in [5.41, 5.74) is 1.52. The molecule has 6 heteroatoms. The molecule has 6 nitrogen and oxygen atoms in total. The van der Waals surface area contributed by atoms with E-state index in [0.717, 1.165) is 5.56 Å². The highest BCUT2D eigenvalue weighted by atomic mass is 16.5. The van der Waals surface area contributed by atoms with Crippen molar-refractivity contribution in [3.05, 3.63) is 53.5 Å². The number of hydrogen-bond donors (Lipinski definition) is 2. The van der Waals surface area contributed by atoms with Crippen molar-refractivity contribution >= 4 is 17.5 Å². The normalized spacial score (nSPS) is 10.7. The van der Waals surface area contributed by atoms with Crippen molar-refractivity contribution in [1.82, 2.24) is 5.32 Å². The zero-order valence-corrected chi connectivity index (χ0v) is 14.1. The number of carbonyl (C=O) groups excluding carboxylic acids is 2. The van der Waals surface area contributed by atoms with Gasteiger partial charge in [-0.25, -0.2) is 0 Å². The van der Waals surface area contributed by atoms with Crippen molar-refractivity contribution in [3.8, 4) is 0 Å². The van der Waals surface area contributed by atoms with Crippen molar-refractivity contribution in [2.24, 2.45) is 0 Å². The highest BCUT2D eigenvalue weighted by molar-refractivity contribution is 6.02. The molecule has 0 aliphatic carbocycles. The van der Waals surface area contributed by atoms with Gasteiger partial charge in [0, 0.05) is 18.8 Å². The molecule has 0 atom stereocenters. The topological polar surface area (TPSA) is 80.6 Å². The van der Waals surface area contributed by atoms with Gasteiger partial charge in [-0.2, -0.15) is 0 Å². The lowest BCUT2D eigenvalue weighted by molar-refractivity contribution is -0.120. The summed E-state index contributed by atoms with van der Waals surface area (Å²) in [4.78, 5) is 23.8. The maximum atomic E-state index is 12.1. The van der Waals surface area contributed by atoms with Crippen molar-refractivity contribution < 1.29 is 18.7 Å². The van der Waals surface area contributed by atoms with E-state index in [-0.39, 0.29) is 23.6 Å². The molecule has 0 aliphatic rings. The molecule has 0 saturated heterocycles. The molecule has 1 aromatic carbocycles. The van der Waals surface area contributed by atoms with Gasteiger partial charge >= 0.3 is 0 Å². The Morgan fingerprint density at radius 1 is 1.12 bits per heavy atom. The van der Waals surface area contributed by atoms with Gasteiger partial charge in [0.05, 0.1) is 6.42 Å². The van der Waals surface area contributed by atoms with Crippen LogP contribution in [0.2, 0.25) is 0 Å². The van der Waals surface area contributed by atoms with Crippen molar-refractivity contribution in [3.63, 3.8) is 0 Å². The zero-order chi connectivity index (χ0) is 17.5. The number of methoxy groups -OCH3 is 1. The second-order valence-corrected chi connectivity index (χ2v) is 5.75. The summed E-state index contributed by atoms with van der Waals surface area (Å²) < 4.78 is 10.3. The molecule has 1 heterocycles. The van der Waals surface area contributed by atoms with E-state index in [0.29, 0.717) is 24.5 Å². The monoisotopic (exact) mass is 330 g/mol. The number of ether oxygens (including phenoxy) is 1. The van der Waals surface area contributed by atoms with E-state index in [9.17, 15) is 9.59 Å². The van der Waals surface area contributed by atoms with Crippen LogP contribution in [0.4, 0.5) is 5.69 Å². The Morgan fingerprint density at radius 3 is 2.46 bits per heavy atom. The molecule has 0 aliphatic heterocycles. The first-order chi connectivity index (χ1) is 11.5.